The predicted octanol–water partition coefficient (Wildman–Crippen LogP) is 3.73. The topological polar surface area (TPSA) is 70.2 Å². The molecule has 2 heterocycles. The lowest BCUT2D eigenvalue weighted by Gasteiger charge is -2.18. The van der Waals surface area contributed by atoms with E-state index in [1.807, 2.05) is 13.0 Å². The molecule has 0 aliphatic carbocycles. The van der Waals surface area contributed by atoms with Crippen molar-refractivity contribution >= 4 is 17.5 Å². The summed E-state index contributed by atoms with van der Waals surface area (Å²) in [7, 11) is 0. The van der Waals surface area contributed by atoms with Gasteiger partial charge in [-0.25, -0.2) is 14.8 Å². The third-order valence-electron chi connectivity index (χ3n) is 4.20. The summed E-state index contributed by atoms with van der Waals surface area (Å²) in [5.41, 5.74) is -0.430. The number of rotatable bonds is 4. The maximum absolute atomic E-state index is 13.0. The molecule has 0 atom stereocenters. The summed E-state index contributed by atoms with van der Waals surface area (Å²) in [6, 6.07) is 5.95. The quantitative estimate of drug-likeness (QED) is 0.849. The number of halogens is 3. The van der Waals surface area contributed by atoms with Gasteiger partial charge in [-0.15, -0.1) is 0 Å². The van der Waals surface area contributed by atoms with Crippen LogP contribution in [0.2, 0.25) is 0 Å². The van der Waals surface area contributed by atoms with Crippen molar-refractivity contribution in [3.05, 3.63) is 47.4 Å². The number of nitrogens with one attached hydrogen (secondary N) is 2. The van der Waals surface area contributed by atoms with Crippen LogP contribution in [0.3, 0.4) is 0 Å². The van der Waals surface area contributed by atoms with Crippen molar-refractivity contribution in [3.63, 3.8) is 0 Å². The Morgan fingerprint density at radius 2 is 1.89 bits per heavy atom. The van der Waals surface area contributed by atoms with Crippen LogP contribution in [0.1, 0.15) is 29.9 Å². The van der Waals surface area contributed by atoms with E-state index < -0.39 is 17.8 Å². The summed E-state index contributed by atoms with van der Waals surface area (Å²) in [5.74, 6) is 1.22. The fourth-order valence-corrected chi connectivity index (χ4v) is 2.96. The summed E-state index contributed by atoms with van der Waals surface area (Å²) in [6.45, 7) is 3.71. The Balaban J connectivity index is 1.65. The normalized spacial score (nSPS) is 14.3. The van der Waals surface area contributed by atoms with Crippen LogP contribution in [-0.2, 0) is 12.7 Å². The Hall–Kier alpha value is -2.84. The molecule has 1 aromatic carbocycles. The second kappa shape index (κ2) is 7.81. The molecule has 2 aromatic rings. The van der Waals surface area contributed by atoms with E-state index in [0.29, 0.717) is 5.82 Å². The van der Waals surface area contributed by atoms with Crippen LogP contribution in [0, 0.1) is 6.92 Å². The van der Waals surface area contributed by atoms with Gasteiger partial charge < -0.3 is 15.5 Å². The molecule has 27 heavy (non-hydrogen) atoms. The highest BCUT2D eigenvalue weighted by Gasteiger charge is 2.33. The molecular formula is C18H20F3N5O. The number of para-hydroxylation sites is 1. The summed E-state index contributed by atoms with van der Waals surface area (Å²) in [4.78, 5) is 22.9. The molecule has 6 nitrogen and oxygen atoms in total. The van der Waals surface area contributed by atoms with Gasteiger partial charge in [-0.3, -0.25) is 0 Å². The zero-order chi connectivity index (χ0) is 19.4. The van der Waals surface area contributed by atoms with E-state index in [-0.39, 0.29) is 12.2 Å². The van der Waals surface area contributed by atoms with E-state index in [4.69, 9.17) is 0 Å². The van der Waals surface area contributed by atoms with Crippen molar-refractivity contribution in [1.82, 2.24) is 15.3 Å². The van der Waals surface area contributed by atoms with Crippen molar-refractivity contribution < 1.29 is 18.0 Å². The summed E-state index contributed by atoms with van der Waals surface area (Å²) < 4.78 is 39.0. The molecule has 0 unspecified atom stereocenters. The Kier molecular flexibility index (Phi) is 5.48. The fraction of sp³-hybridized carbons (Fsp3) is 0.389. The van der Waals surface area contributed by atoms with Gasteiger partial charge in [0, 0.05) is 24.8 Å². The maximum atomic E-state index is 13.0. The molecule has 144 valence electrons. The smallest absolute Gasteiger partial charge is 0.357 e. The number of aryl methyl sites for hydroxylation is 1. The number of anilines is 2. The molecule has 2 amide bonds. The average molecular weight is 379 g/mol. The molecule has 1 aromatic heterocycles. The van der Waals surface area contributed by atoms with E-state index in [9.17, 15) is 18.0 Å². The first-order valence-corrected chi connectivity index (χ1v) is 8.63. The number of carbonyl (C=O) groups is 1. The lowest BCUT2D eigenvalue weighted by molar-refractivity contribution is -0.136. The van der Waals surface area contributed by atoms with Crippen molar-refractivity contribution in [2.45, 2.75) is 32.5 Å². The third kappa shape index (κ3) is 4.87. The highest BCUT2D eigenvalue weighted by atomic mass is 19.4. The Bertz CT molecular complexity index is 819. The number of hydrogen-bond donors (Lipinski definition) is 2. The number of aromatic nitrogens is 2. The van der Waals surface area contributed by atoms with Crippen LogP contribution < -0.4 is 15.5 Å². The molecular weight excluding hydrogens is 359 g/mol. The summed E-state index contributed by atoms with van der Waals surface area (Å²) in [6.07, 6.45) is -2.33. The summed E-state index contributed by atoms with van der Waals surface area (Å²) >= 11 is 0. The van der Waals surface area contributed by atoms with Gasteiger partial charge in [0.1, 0.15) is 11.6 Å². The number of hydrogen-bond acceptors (Lipinski definition) is 4. The minimum Gasteiger partial charge on any atom is -0.357 e. The van der Waals surface area contributed by atoms with Gasteiger partial charge in [-0.1, -0.05) is 12.1 Å². The summed E-state index contributed by atoms with van der Waals surface area (Å²) in [5, 5.41) is 4.75. The van der Waals surface area contributed by atoms with Gasteiger partial charge >= 0.3 is 12.2 Å². The minimum absolute atomic E-state index is 0.0164. The van der Waals surface area contributed by atoms with Gasteiger partial charge in [0.25, 0.3) is 0 Å². The number of alkyl halides is 3. The average Bonchev–Trinajstić information content (AvgIpc) is 3.14. The van der Waals surface area contributed by atoms with E-state index >= 15 is 0 Å². The van der Waals surface area contributed by atoms with Gasteiger partial charge in [0.15, 0.2) is 0 Å². The van der Waals surface area contributed by atoms with E-state index in [2.05, 4.69) is 25.5 Å². The SMILES string of the molecule is Cc1cc(N2CCCC2)nc(CNC(=O)Nc2ccccc2C(F)(F)F)n1. The van der Waals surface area contributed by atoms with E-state index in [1.54, 1.807) is 0 Å². The first-order valence-electron chi connectivity index (χ1n) is 8.63. The van der Waals surface area contributed by atoms with E-state index in [0.717, 1.165) is 43.5 Å². The second-order valence-electron chi connectivity index (χ2n) is 6.33. The van der Waals surface area contributed by atoms with E-state index in [1.165, 1.54) is 18.2 Å². The molecule has 1 fully saturated rings. The van der Waals surface area contributed by atoms with Gasteiger partial charge in [0.2, 0.25) is 0 Å². The molecule has 3 rings (SSSR count). The molecule has 2 N–H and O–H groups in total. The van der Waals surface area contributed by atoms with Crippen LogP contribution >= 0.6 is 0 Å². The standard InChI is InChI=1S/C18H20F3N5O/c1-12-10-16(26-8-4-5-9-26)25-15(23-12)11-22-17(27)24-14-7-3-2-6-13(14)18(19,20)21/h2-3,6-7,10H,4-5,8-9,11H2,1H3,(H2,22,24,27). The molecule has 0 spiro atoms. The first-order chi connectivity index (χ1) is 12.8. The van der Waals surface area contributed by atoms with Gasteiger partial charge in [0.05, 0.1) is 17.8 Å². The van der Waals surface area contributed by atoms with Crippen LogP contribution in [0.5, 0.6) is 0 Å². The van der Waals surface area contributed by atoms with Crippen molar-refractivity contribution in [1.29, 1.82) is 0 Å². The zero-order valence-corrected chi connectivity index (χ0v) is 14.8. The molecule has 1 aliphatic rings. The van der Waals surface area contributed by atoms with Gasteiger partial charge in [-0.05, 0) is 31.9 Å². The maximum Gasteiger partial charge on any atom is 0.418 e. The number of nitrogens with zero attached hydrogens (tertiary/aromatic N) is 3. The lowest BCUT2D eigenvalue weighted by atomic mass is 10.1. The highest BCUT2D eigenvalue weighted by molar-refractivity contribution is 5.90. The number of carbonyl (C=O) groups excluding carboxylic acids is 1. The molecule has 1 saturated heterocycles. The van der Waals surface area contributed by atoms with Crippen molar-refractivity contribution in [2.75, 3.05) is 23.3 Å². The monoisotopic (exact) mass is 379 g/mol. The largest absolute Gasteiger partial charge is 0.418 e. The number of urea groups is 1. The Morgan fingerprint density at radius 3 is 2.59 bits per heavy atom. The minimum atomic E-state index is -4.55. The van der Waals surface area contributed by atoms with Crippen LogP contribution in [-0.4, -0.2) is 29.1 Å². The second-order valence-corrected chi connectivity index (χ2v) is 6.33. The van der Waals surface area contributed by atoms with Crippen molar-refractivity contribution in [3.8, 4) is 0 Å². The van der Waals surface area contributed by atoms with Crippen LogP contribution in [0.25, 0.3) is 0 Å². The zero-order valence-electron chi connectivity index (χ0n) is 14.8. The van der Waals surface area contributed by atoms with Crippen molar-refractivity contribution in [2.24, 2.45) is 0 Å². The molecule has 9 heteroatoms. The van der Waals surface area contributed by atoms with Crippen LogP contribution in [0.4, 0.5) is 29.5 Å². The Morgan fingerprint density at radius 1 is 1.19 bits per heavy atom. The molecule has 0 radical (unpaired) electrons. The lowest BCUT2D eigenvalue weighted by Crippen LogP contribution is -2.30. The first kappa shape index (κ1) is 18.9. The number of amides is 2. The molecule has 1 aliphatic heterocycles. The predicted molar refractivity (Wildman–Crippen MR) is 95.5 cm³/mol. The highest BCUT2D eigenvalue weighted by Crippen LogP contribution is 2.34. The van der Waals surface area contributed by atoms with Gasteiger partial charge in [-0.2, -0.15) is 13.2 Å². The Labute approximate surface area is 154 Å². The van der Waals surface area contributed by atoms with Crippen LogP contribution in [0.15, 0.2) is 30.3 Å². The molecule has 0 bridgehead atoms. The third-order valence-corrected chi connectivity index (χ3v) is 4.20. The number of benzene rings is 1. The fourth-order valence-electron chi connectivity index (χ4n) is 2.96. The molecule has 0 saturated carbocycles.